The van der Waals surface area contributed by atoms with Crippen molar-refractivity contribution in [1.29, 1.82) is 0 Å². The normalized spacial score (nSPS) is 15.3. The van der Waals surface area contributed by atoms with E-state index in [2.05, 4.69) is 4.90 Å². The molecule has 1 aromatic rings. The van der Waals surface area contributed by atoms with Gasteiger partial charge in [-0.1, -0.05) is 0 Å². The first kappa shape index (κ1) is 18.2. The van der Waals surface area contributed by atoms with Crippen molar-refractivity contribution in [3.05, 3.63) is 33.9 Å². The SMILES string of the molecule is CC(C)(C)OC(=O)c1ccc(OCCN2CCCC2)c([N+](=O)[O-])c1. The van der Waals surface area contributed by atoms with Crippen LogP contribution in [-0.4, -0.2) is 47.6 Å². The summed E-state index contributed by atoms with van der Waals surface area (Å²) in [6, 6.07) is 4.16. The molecule has 1 aromatic carbocycles. The number of carbonyl (C=O) groups excluding carboxylic acids is 1. The number of ether oxygens (including phenoxy) is 2. The van der Waals surface area contributed by atoms with Crippen molar-refractivity contribution in [3.8, 4) is 5.75 Å². The lowest BCUT2D eigenvalue weighted by Crippen LogP contribution is -2.25. The van der Waals surface area contributed by atoms with Crippen molar-refractivity contribution >= 4 is 11.7 Å². The van der Waals surface area contributed by atoms with Crippen LogP contribution in [0.5, 0.6) is 5.75 Å². The summed E-state index contributed by atoms with van der Waals surface area (Å²) in [5, 5.41) is 11.3. The number of benzene rings is 1. The average Bonchev–Trinajstić information content (AvgIpc) is 2.98. The molecule has 0 spiro atoms. The Balaban J connectivity index is 2.05. The van der Waals surface area contributed by atoms with Crippen LogP contribution in [-0.2, 0) is 4.74 Å². The minimum atomic E-state index is -0.656. The lowest BCUT2D eigenvalue weighted by atomic mass is 10.1. The molecule has 0 amide bonds. The molecule has 0 aliphatic carbocycles. The Bertz CT molecular complexity index is 603. The summed E-state index contributed by atoms with van der Waals surface area (Å²) in [7, 11) is 0. The second-order valence-corrected chi connectivity index (χ2v) is 6.84. The van der Waals surface area contributed by atoms with Gasteiger partial charge in [0.1, 0.15) is 12.2 Å². The quantitative estimate of drug-likeness (QED) is 0.451. The third kappa shape index (κ3) is 5.19. The molecule has 1 aliphatic rings. The summed E-state index contributed by atoms with van der Waals surface area (Å²) >= 11 is 0. The van der Waals surface area contributed by atoms with Crippen LogP contribution < -0.4 is 4.74 Å². The summed E-state index contributed by atoms with van der Waals surface area (Å²) in [5.74, 6) is -0.416. The van der Waals surface area contributed by atoms with Gasteiger partial charge in [-0.2, -0.15) is 0 Å². The van der Waals surface area contributed by atoms with Crippen molar-refractivity contribution in [1.82, 2.24) is 4.90 Å². The minimum absolute atomic E-state index is 0.142. The number of esters is 1. The second-order valence-electron chi connectivity index (χ2n) is 6.84. The van der Waals surface area contributed by atoms with Crippen LogP contribution in [0.2, 0.25) is 0 Å². The third-order valence-electron chi connectivity index (χ3n) is 3.65. The van der Waals surface area contributed by atoms with Gasteiger partial charge in [0.05, 0.1) is 10.5 Å². The largest absolute Gasteiger partial charge is 0.485 e. The first-order valence-corrected chi connectivity index (χ1v) is 8.13. The smallest absolute Gasteiger partial charge is 0.338 e. The zero-order valence-electron chi connectivity index (χ0n) is 14.4. The van der Waals surface area contributed by atoms with E-state index in [9.17, 15) is 14.9 Å². The highest BCUT2D eigenvalue weighted by Crippen LogP contribution is 2.29. The maximum atomic E-state index is 12.0. The van der Waals surface area contributed by atoms with Crippen LogP contribution in [0, 0.1) is 10.1 Å². The predicted octanol–water partition coefficient (Wildman–Crippen LogP) is 3.02. The number of hydrogen-bond acceptors (Lipinski definition) is 6. The van der Waals surface area contributed by atoms with E-state index >= 15 is 0 Å². The van der Waals surface area contributed by atoms with Gasteiger partial charge in [0.15, 0.2) is 5.75 Å². The van der Waals surface area contributed by atoms with E-state index < -0.39 is 16.5 Å². The molecule has 1 saturated heterocycles. The molecule has 1 fully saturated rings. The number of rotatable bonds is 6. The van der Waals surface area contributed by atoms with Crippen molar-refractivity contribution in [3.63, 3.8) is 0 Å². The summed E-state index contributed by atoms with van der Waals surface area (Å²) in [6.45, 7) is 8.45. The number of hydrogen-bond donors (Lipinski definition) is 0. The highest BCUT2D eigenvalue weighted by atomic mass is 16.6. The van der Waals surface area contributed by atoms with Crippen LogP contribution in [0.25, 0.3) is 0 Å². The zero-order valence-corrected chi connectivity index (χ0v) is 14.4. The van der Waals surface area contributed by atoms with E-state index in [0.29, 0.717) is 6.61 Å². The molecule has 24 heavy (non-hydrogen) atoms. The van der Waals surface area contributed by atoms with Gasteiger partial charge in [0.25, 0.3) is 0 Å². The topological polar surface area (TPSA) is 81.9 Å². The Hall–Kier alpha value is -2.15. The van der Waals surface area contributed by atoms with Gasteiger partial charge in [0.2, 0.25) is 0 Å². The first-order chi connectivity index (χ1) is 11.3. The number of nitro benzene ring substituents is 1. The van der Waals surface area contributed by atoms with Gasteiger partial charge in [-0.3, -0.25) is 15.0 Å². The molecule has 0 bridgehead atoms. The molecule has 1 aliphatic heterocycles. The van der Waals surface area contributed by atoms with Crippen molar-refractivity contribution in [2.75, 3.05) is 26.2 Å². The Morgan fingerprint density at radius 2 is 1.96 bits per heavy atom. The van der Waals surface area contributed by atoms with Crippen LogP contribution in [0.3, 0.4) is 0 Å². The fraction of sp³-hybridized carbons (Fsp3) is 0.588. The van der Waals surface area contributed by atoms with Crippen LogP contribution >= 0.6 is 0 Å². The molecule has 0 saturated carbocycles. The predicted molar refractivity (Wildman–Crippen MR) is 89.4 cm³/mol. The number of nitrogens with zero attached hydrogens (tertiary/aromatic N) is 2. The van der Waals surface area contributed by atoms with Gasteiger partial charge in [-0.05, 0) is 58.8 Å². The van der Waals surface area contributed by atoms with E-state index in [1.54, 1.807) is 20.8 Å². The number of nitro groups is 1. The van der Waals surface area contributed by atoms with E-state index in [4.69, 9.17) is 9.47 Å². The van der Waals surface area contributed by atoms with Crippen LogP contribution in [0.1, 0.15) is 44.0 Å². The third-order valence-corrected chi connectivity index (χ3v) is 3.65. The van der Waals surface area contributed by atoms with Crippen molar-refractivity contribution < 1.29 is 19.2 Å². The number of carbonyl (C=O) groups is 1. The second kappa shape index (κ2) is 7.61. The van der Waals surface area contributed by atoms with E-state index in [1.165, 1.54) is 31.0 Å². The molecular formula is C17H24N2O5. The molecular weight excluding hydrogens is 312 g/mol. The molecule has 0 radical (unpaired) electrons. The Labute approximate surface area is 141 Å². The molecule has 7 nitrogen and oxygen atoms in total. The van der Waals surface area contributed by atoms with Gasteiger partial charge in [0, 0.05) is 12.6 Å². The summed E-state index contributed by atoms with van der Waals surface area (Å²) in [4.78, 5) is 25.0. The summed E-state index contributed by atoms with van der Waals surface area (Å²) in [5.41, 5.74) is -0.736. The molecule has 1 heterocycles. The maximum Gasteiger partial charge on any atom is 0.338 e. The van der Waals surface area contributed by atoms with Gasteiger partial charge in [-0.15, -0.1) is 0 Å². The Kier molecular flexibility index (Phi) is 5.77. The fourth-order valence-electron chi connectivity index (χ4n) is 2.54. The lowest BCUT2D eigenvalue weighted by Gasteiger charge is -2.19. The Morgan fingerprint density at radius 3 is 2.54 bits per heavy atom. The van der Waals surface area contributed by atoms with E-state index in [-0.39, 0.29) is 17.0 Å². The minimum Gasteiger partial charge on any atom is -0.485 e. The van der Waals surface area contributed by atoms with Crippen molar-refractivity contribution in [2.24, 2.45) is 0 Å². The summed E-state index contributed by atoms with van der Waals surface area (Å²) < 4.78 is 10.8. The first-order valence-electron chi connectivity index (χ1n) is 8.13. The maximum absolute atomic E-state index is 12.0. The molecule has 7 heteroatoms. The summed E-state index contributed by atoms with van der Waals surface area (Å²) in [6.07, 6.45) is 2.37. The van der Waals surface area contributed by atoms with Crippen LogP contribution in [0.15, 0.2) is 18.2 Å². The molecule has 0 atom stereocenters. The average molecular weight is 336 g/mol. The van der Waals surface area contributed by atoms with Crippen molar-refractivity contribution in [2.45, 2.75) is 39.2 Å². The molecule has 2 rings (SSSR count). The van der Waals surface area contributed by atoms with Gasteiger partial charge >= 0.3 is 11.7 Å². The van der Waals surface area contributed by atoms with Gasteiger partial charge < -0.3 is 9.47 Å². The number of likely N-dealkylation sites (tertiary alicyclic amines) is 1. The van der Waals surface area contributed by atoms with Crippen LogP contribution in [0.4, 0.5) is 5.69 Å². The molecule has 0 unspecified atom stereocenters. The van der Waals surface area contributed by atoms with E-state index in [1.807, 2.05) is 0 Å². The highest BCUT2D eigenvalue weighted by molar-refractivity contribution is 5.90. The van der Waals surface area contributed by atoms with Gasteiger partial charge in [-0.25, -0.2) is 4.79 Å². The van der Waals surface area contributed by atoms with E-state index in [0.717, 1.165) is 19.6 Å². The molecule has 132 valence electrons. The fourth-order valence-corrected chi connectivity index (χ4v) is 2.54. The lowest BCUT2D eigenvalue weighted by molar-refractivity contribution is -0.385. The standard InChI is InChI=1S/C17H24N2O5/c1-17(2,3)24-16(20)13-6-7-15(14(12-13)19(21)22)23-11-10-18-8-4-5-9-18/h6-7,12H,4-5,8-11H2,1-3H3. The zero-order chi connectivity index (χ0) is 17.7. The monoisotopic (exact) mass is 336 g/mol. The highest BCUT2D eigenvalue weighted by Gasteiger charge is 2.23. The Morgan fingerprint density at radius 1 is 1.29 bits per heavy atom. The molecule has 0 N–H and O–H groups in total. The molecule has 0 aromatic heterocycles.